The van der Waals surface area contributed by atoms with Crippen molar-refractivity contribution in [1.82, 2.24) is 0 Å². The smallest absolute Gasteiger partial charge is 0.133 e. The van der Waals surface area contributed by atoms with E-state index in [1.54, 1.807) is 0 Å². The number of hydrogen-bond donors (Lipinski definition) is 0. The molecule has 0 aromatic carbocycles. The zero-order valence-corrected chi connectivity index (χ0v) is 12.6. The van der Waals surface area contributed by atoms with Crippen LogP contribution >= 0.6 is 0 Å². The van der Waals surface area contributed by atoms with Crippen molar-refractivity contribution in [2.45, 2.75) is 77.6 Å². The van der Waals surface area contributed by atoms with Gasteiger partial charge in [0.2, 0.25) is 0 Å². The minimum atomic E-state index is -1.49. The number of carbonyl (C=O) groups is 1. The SMILES string of the molecule is CCC[C@@H](C(=O)CC)[Si](C)(C)C(C)(C)C. The fourth-order valence-electron chi connectivity index (χ4n) is 1.98. The van der Waals surface area contributed by atoms with Gasteiger partial charge in [0.1, 0.15) is 5.78 Å². The highest BCUT2D eigenvalue weighted by Gasteiger charge is 2.43. The Balaban J connectivity index is 4.98. The fourth-order valence-corrected chi connectivity index (χ4v) is 5.05. The molecule has 0 amide bonds. The maximum absolute atomic E-state index is 12.0. The Labute approximate surface area is 96.7 Å². The Morgan fingerprint density at radius 3 is 1.93 bits per heavy atom. The molecule has 0 N–H and O–H groups in total. The van der Waals surface area contributed by atoms with Crippen LogP contribution in [0.4, 0.5) is 0 Å². The van der Waals surface area contributed by atoms with Crippen LogP contribution in [0, 0.1) is 0 Å². The summed E-state index contributed by atoms with van der Waals surface area (Å²) < 4.78 is 0. The van der Waals surface area contributed by atoms with Gasteiger partial charge in [-0.15, -0.1) is 0 Å². The van der Waals surface area contributed by atoms with Crippen molar-refractivity contribution in [2.75, 3.05) is 0 Å². The molecule has 0 bridgehead atoms. The molecule has 0 saturated heterocycles. The van der Waals surface area contributed by atoms with Gasteiger partial charge in [-0.1, -0.05) is 54.1 Å². The van der Waals surface area contributed by atoms with Crippen LogP contribution in [-0.4, -0.2) is 13.9 Å². The van der Waals surface area contributed by atoms with Crippen molar-refractivity contribution in [3.8, 4) is 0 Å². The third-order valence-electron chi connectivity index (χ3n) is 4.12. The van der Waals surface area contributed by atoms with E-state index in [0.717, 1.165) is 12.8 Å². The van der Waals surface area contributed by atoms with Crippen molar-refractivity contribution in [2.24, 2.45) is 0 Å². The summed E-state index contributed by atoms with van der Waals surface area (Å²) in [5, 5.41) is 0.317. The first-order valence-electron chi connectivity index (χ1n) is 6.21. The highest BCUT2D eigenvalue weighted by molar-refractivity contribution is 6.84. The molecular formula is C13H28OSi. The van der Waals surface area contributed by atoms with Crippen LogP contribution in [0.1, 0.15) is 53.9 Å². The zero-order valence-electron chi connectivity index (χ0n) is 11.6. The lowest BCUT2D eigenvalue weighted by Crippen LogP contribution is -2.45. The molecule has 0 aliphatic rings. The van der Waals surface area contributed by atoms with Gasteiger partial charge in [-0.25, -0.2) is 0 Å². The molecule has 1 nitrogen and oxygen atoms in total. The molecule has 0 saturated carbocycles. The van der Waals surface area contributed by atoms with Crippen LogP contribution in [0.5, 0.6) is 0 Å². The molecule has 0 spiro atoms. The second-order valence-electron chi connectivity index (χ2n) is 6.13. The van der Waals surface area contributed by atoms with Crippen LogP contribution < -0.4 is 0 Å². The minimum absolute atomic E-state index is 0.317. The molecule has 0 aliphatic carbocycles. The summed E-state index contributed by atoms with van der Waals surface area (Å²) in [5.41, 5.74) is 0.354. The van der Waals surface area contributed by atoms with E-state index in [2.05, 4.69) is 40.8 Å². The first-order valence-corrected chi connectivity index (χ1v) is 9.28. The highest BCUT2D eigenvalue weighted by Crippen LogP contribution is 2.45. The van der Waals surface area contributed by atoms with E-state index in [9.17, 15) is 4.79 Å². The maximum atomic E-state index is 12.0. The van der Waals surface area contributed by atoms with Gasteiger partial charge in [-0.3, -0.25) is 4.79 Å². The van der Waals surface area contributed by atoms with Crippen molar-refractivity contribution in [3.05, 3.63) is 0 Å². The monoisotopic (exact) mass is 228 g/mol. The summed E-state index contributed by atoms with van der Waals surface area (Å²) in [7, 11) is -1.49. The Kier molecular flexibility index (Phi) is 5.25. The van der Waals surface area contributed by atoms with Gasteiger partial charge in [0.25, 0.3) is 0 Å². The second kappa shape index (κ2) is 5.29. The van der Waals surface area contributed by atoms with Crippen LogP contribution in [0.25, 0.3) is 0 Å². The lowest BCUT2D eigenvalue weighted by atomic mass is 10.1. The van der Waals surface area contributed by atoms with Crippen LogP contribution in [0.2, 0.25) is 23.7 Å². The van der Waals surface area contributed by atoms with E-state index in [1.165, 1.54) is 0 Å². The summed E-state index contributed by atoms with van der Waals surface area (Å²) in [6, 6.07) is 0. The Morgan fingerprint density at radius 1 is 1.20 bits per heavy atom. The highest BCUT2D eigenvalue weighted by atomic mass is 28.3. The lowest BCUT2D eigenvalue weighted by Gasteiger charge is -2.42. The topological polar surface area (TPSA) is 17.1 Å². The molecule has 0 rings (SSSR count). The Bertz CT molecular complexity index is 213. The van der Waals surface area contributed by atoms with E-state index >= 15 is 0 Å². The van der Waals surface area contributed by atoms with E-state index in [-0.39, 0.29) is 0 Å². The molecule has 0 fully saturated rings. The molecule has 2 heteroatoms. The largest absolute Gasteiger partial charge is 0.300 e. The van der Waals surface area contributed by atoms with E-state index in [0.29, 0.717) is 22.8 Å². The van der Waals surface area contributed by atoms with Gasteiger partial charge in [-0.05, 0) is 11.5 Å². The van der Waals surface area contributed by atoms with Crippen molar-refractivity contribution >= 4 is 13.9 Å². The summed E-state index contributed by atoms with van der Waals surface area (Å²) in [4.78, 5) is 12.0. The molecule has 1 atom stereocenters. The normalized spacial score (nSPS) is 15.1. The van der Waals surface area contributed by atoms with Crippen LogP contribution in [-0.2, 0) is 4.79 Å². The quantitative estimate of drug-likeness (QED) is 0.626. The second-order valence-corrected chi connectivity index (χ2v) is 11.8. The number of hydrogen-bond acceptors (Lipinski definition) is 1. The summed E-state index contributed by atoms with van der Waals surface area (Å²) in [6.07, 6.45) is 2.92. The van der Waals surface area contributed by atoms with Crippen molar-refractivity contribution in [1.29, 1.82) is 0 Å². The van der Waals surface area contributed by atoms with Crippen LogP contribution in [0.3, 0.4) is 0 Å². The predicted octanol–water partition coefficient (Wildman–Crippen LogP) is 4.64. The molecule has 0 aromatic rings. The molecule has 0 aromatic heterocycles. The Morgan fingerprint density at radius 2 is 1.67 bits per heavy atom. The standard InChI is InChI=1S/C13H28OSi/c1-8-10-12(11(14)9-2)15(6,7)13(3,4)5/h12H,8-10H2,1-7H3/t12-/m0/s1. The fraction of sp³-hybridized carbons (Fsp3) is 0.923. The number of Topliss-reactive ketones (excluding diaryl/α,β-unsaturated/α-hetero) is 1. The molecule has 0 heterocycles. The first-order chi connectivity index (χ1) is 6.68. The van der Waals surface area contributed by atoms with E-state index in [4.69, 9.17) is 0 Å². The molecule has 0 unspecified atom stereocenters. The van der Waals surface area contributed by atoms with Gasteiger partial charge < -0.3 is 0 Å². The number of carbonyl (C=O) groups excluding carboxylic acids is 1. The average molecular weight is 228 g/mol. The third kappa shape index (κ3) is 3.44. The van der Waals surface area contributed by atoms with Gasteiger partial charge in [-0.2, -0.15) is 0 Å². The Hall–Kier alpha value is -0.113. The number of ketones is 1. The van der Waals surface area contributed by atoms with Gasteiger partial charge in [0, 0.05) is 12.0 Å². The molecule has 0 radical (unpaired) electrons. The van der Waals surface area contributed by atoms with E-state index in [1.807, 2.05) is 6.92 Å². The average Bonchev–Trinajstić information content (AvgIpc) is 2.10. The van der Waals surface area contributed by atoms with Crippen molar-refractivity contribution in [3.63, 3.8) is 0 Å². The summed E-state index contributed by atoms with van der Waals surface area (Å²) in [6.45, 7) is 15.8. The minimum Gasteiger partial charge on any atom is -0.300 e. The van der Waals surface area contributed by atoms with Gasteiger partial charge >= 0.3 is 0 Å². The summed E-state index contributed by atoms with van der Waals surface area (Å²) in [5.74, 6) is 0.489. The summed E-state index contributed by atoms with van der Waals surface area (Å²) >= 11 is 0. The predicted molar refractivity (Wildman–Crippen MR) is 71.2 cm³/mol. The molecule has 15 heavy (non-hydrogen) atoms. The number of rotatable bonds is 5. The van der Waals surface area contributed by atoms with E-state index < -0.39 is 8.07 Å². The molecule has 90 valence electrons. The maximum Gasteiger partial charge on any atom is 0.133 e. The first kappa shape index (κ1) is 14.9. The molecule has 0 aliphatic heterocycles. The third-order valence-corrected chi connectivity index (χ3v) is 10.3. The molecular weight excluding hydrogens is 200 g/mol. The zero-order chi connectivity index (χ0) is 12.3. The van der Waals surface area contributed by atoms with Gasteiger partial charge in [0.15, 0.2) is 0 Å². The van der Waals surface area contributed by atoms with Gasteiger partial charge in [0.05, 0.1) is 8.07 Å². The lowest BCUT2D eigenvalue weighted by molar-refractivity contribution is -0.119. The van der Waals surface area contributed by atoms with Crippen molar-refractivity contribution < 1.29 is 4.79 Å². The van der Waals surface area contributed by atoms with Crippen LogP contribution in [0.15, 0.2) is 0 Å².